The molecule has 78 valence electrons. The highest BCUT2D eigenvalue weighted by atomic mass is 79.9. The lowest BCUT2D eigenvalue weighted by molar-refractivity contribution is -0.385. The Kier molecular flexibility index (Phi) is 4.13. The van der Waals surface area contributed by atoms with Gasteiger partial charge in [0.1, 0.15) is 5.75 Å². The first-order chi connectivity index (χ1) is 7.15. The van der Waals surface area contributed by atoms with Crippen molar-refractivity contribution in [2.45, 2.75) is 6.42 Å². The van der Waals surface area contributed by atoms with Crippen molar-refractivity contribution < 1.29 is 9.66 Å². The van der Waals surface area contributed by atoms with E-state index in [4.69, 9.17) is 11.2 Å². The Morgan fingerprint density at radius 1 is 1.60 bits per heavy atom. The Bertz CT molecular complexity index is 412. The predicted molar refractivity (Wildman–Crippen MR) is 59.7 cm³/mol. The highest BCUT2D eigenvalue weighted by molar-refractivity contribution is 9.10. The number of nitrogens with zero attached hydrogens (tertiary/aromatic N) is 1. The van der Waals surface area contributed by atoms with Crippen LogP contribution in [0.25, 0.3) is 0 Å². The minimum absolute atomic E-state index is 0.00564. The van der Waals surface area contributed by atoms with Crippen molar-refractivity contribution in [2.75, 3.05) is 6.61 Å². The average Bonchev–Trinajstić information content (AvgIpc) is 2.20. The van der Waals surface area contributed by atoms with Gasteiger partial charge in [0.2, 0.25) is 0 Å². The topological polar surface area (TPSA) is 52.4 Å². The summed E-state index contributed by atoms with van der Waals surface area (Å²) >= 11 is 3.23. The molecule has 0 aromatic heterocycles. The second-order valence-electron chi connectivity index (χ2n) is 2.67. The van der Waals surface area contributed by atoms with Crippen LogP contribution in [0.1, 0.15) is 6.42 Å². The monoisotopic (exact) mass is 269 g/mol. The van der Waals surface area contributed by atoms with Gasteiger partial charge in [-0.1, -0.05) is 0 Å². The van der Waals surface area contributed by atoms with Crippen molar-refractivity contribution >= 4 is 21.6 Å². The first-order valence-electron chi connectivity index (χ1n) is 4.15. The molecule has 0 aliphatic carbocycles. The van der Waals surface area contributed by atoms with Gasteiger partial charge in [0.25, 0.3) is 5.69 Å². The maximum atomic E-state index is 10.5. The SMILES string of the molecule is C#CCCOc1cc([N+](=O)[O-])ccc1Br. The number of nitro groups is 1. The van der Waals surface area contributed by atoms with E-state index in [1.165, 1.54) is 12.1 Å². The summed E-state index contributed by atoms with van der Waals surface area (Å²) in [5, 5.41) is 10.5. The Hall–Kier alpha value is -1.54. The minimum atomic E-state index is -0.472. The maximum Gasteiger partial charge on any atom is 0.273 e. The molecule has 0 amide bonds. The number of rotatable bonds is 4. The van der Waals surface area contributed by atoms with E-state index in [0.29, 0.717) is 23.2 Å². The largest absolute Gasteiger partial charge is 0.491 e. The molecular weight excluding hydrogens is 262 g/mol. The van der Waals surface area contributed by atoms with Gasteiger partial charge >= 0.3 is 0 Å². The zero-order valence-corrected chi connectivity index (χ0v) is 9.36. The van der Waals surface area contributed by atoms with Gasteiger partial charge in [-0.3, -0.25) is 10.1 Å². The molecule has 1 aromatic rings. The second-order valence-corrected chi connectivity index (χ2v) is 3.53. The van der Waals surface area contributed by atoms with Gasteiger partial charge in [-0.15, -0.1) is 12.3 Å². The van der Waals surface area contributed by atoms with E-state index in [0.717, 1.165) is 0 Å². The number of nitro benzene ring substituents is 1. The molecule has 0 saturated carbocycles. The fourth-order valence-electron chi connectivity index (χ4n) is 0.936. The molecule has 0 radical (unpaired) electrons. The number of hydrogen-bond donors (Lipinski definition) is 0. The van der Waals surface area contributed by atoms with E-state index in [1.54, 1.807) is 6.07 Å². The van der Waals surface area contributed by atoms with Gasteiger partial charge in [-0.05, 0) is 22.0 Å². The molecule has 0 fully saturated rings. The van der Waals surface area contributed by atoms with Gasteiger partial charge in [0.05, 0.1) is 22.1 Å². The molecule has 0 N–H and O–H groups in total. The smallest absolute Gasteiger partial charge is 0.273 e. The number of terminal acetylenes is 1. The number of hydrogen-bond acceptors (Lipinski definition) is 3. The minimum Gasteiger partial charge on any atom is -0.491 e. The molecule has 0 saturated heterocycles. The number of halogens is 1. The Labute approximate surface area is 95.5 Å². The summed E-state index contributed by atoms with van der Waals surface area (Å²) in [4.78, 5) is 10.0. The van der Waals surface area contributed by atoms with Crippen molar-refractivity contribution in [3.63, 3.8) is 0 Å². The van der Waals surface area contributed by atoms with Gasteiger partial charge < -0.3 is 4.74 Å². The van der Waals surface area contributed by atoms with Crippen LogP contribution in [-0.2, 0) is 0 Å². The first-order valence-corrected chi connectivity index (χ1v) is 4.94. The molecule has 0 atom stereocenters. The quantitative estimate of drug-likeness (QED) is 0.366. The van der Waals surface area contributed by atoms with Crippen molar-refractivity contribution in [3.8, 4) is 18.1 Å². The Morgan fingerprint density at radius 3 is 2.93 bits per heavy atom. The van der Waals surface area contributed by atoms with Crippen LogP contribution >= 0.6 is 15.9 Å². The lowest BCUT2D eigenvalue weighted by Crippen LogP contribution is -1.97. The molecule has 0 aliphatic rings. The van der Waals surface area contributed by atoms with Gasteiger partial charge in [-0.25, -0.2) is 0 Å². The summed E-state index contributed by atoms with van der Waals surface area (Å²) in [6.07, 6.45) is 5.53. The molecule has 0 heterocycles. The number of non-ortho nitro benzene ring substituents is 1. The molecule has 0 aliphatic heterocycles. The molecule has 1 rings (SSSR count). The molecule has 1 aromatic carbocycles. The van der Waals surface area contributed by atoms with Crippen molar-refractivity contribution in [2.24, 2.45) is 0 Å². The van der Waals surface area contributed by atoms with Gasteiger partial charge in [0.15, 0.2) is 0 Å². The van der Waals surface area contributed by atoms with Crippen LogP contribution in [0.4, 0.5) is 5.69 Å². The summed E-state index contributed by atoms with van der Waals surface area (Å²) in [6, 6.07) is 4.34. The van der Waals surface area contributed by atoms with E-state index in [2.05, 4.69) is 21.9 Å². The normalized spacial score (nSPS) is 9.33. The van der Waals surface area contributed by atoms with Gasteiger partial charge in [-0.2, -0.15) is 0 Å². The van der Waals surface area contributed by atoms with Crippen molar-refractivity contribution in [1.82, 2.24) is 0 Å². The van der Waals surface area contributed by atoms with Crippen LogP contribution < -0.4 is 4.74 Å². The number of benzene rings is 1. The number of ether oxygens (including phenoxy) is 1. The van der Waals surface area contributed by atoms with Crippen LogP contribution in [0.15, 0.2) is 22.7 Å². The lowest BCUT2D eigenvalue weighted by Gasteiger charge is -2.05. The summed E-state index contributed by atoms with van der Waals surface area (Å²) in [7, 11) is 0. The highest BCUT2D eigenvalue weighted by Gasteiger charge is 2.09. The van der Waals surface area contributed by atoms with E-state index < -0.39 is 4.92 Å². The first kappa shape index (κ1) is 11.5. The zero-order chi connectivity index (χ0) is 11.3. The standard InChI is InChI=1S/C10H8BrNO3/c1-2-3-6-15-10-7-8(12(13)14)4-5-9(10)11/h1,4-5,7H,3,6H2. The van der Waals surface area contributed by atoms with Crippen LogP contribution in [0.3, 0.4) is 0 Å². The lowest BCUT2D eigenvalue weighted by atomic mass is 10.3. The van der Waals surface area contributed by atoms with Crippen LogP contribution in [0, 0.1) is 22.5 Å². The van der Waals surface area contributed by atoms with E-state index in [9.17, 15) is 10.1 Å². The third kappa shape index (κ3) is 3.26. The average molecular weight is 270 g/mol. The summed E-state index contributed by atoms with van der Waals surface area (Å²) in [5.74, 6) is 2.85. The summed E-state index contributed by atoms with van der Waals surface area (Å²) < 4.78 is 5.95. The maximum absolute atomic E-state index is 10.5. The van der Waals surface area contributed by atoms with Crippen LogP contribution in [0.2, 0.25) is 0 Å². The summed E-state index contributed by atoms with van der Waals surface area (Å²) in [6.45, 7) is 0.344. The summed E-state index contributed by atoms with van der Waals surface area (Å²) in [5.41, 5.74) is -0.00564. The predicted octanol–water partition coefficient (Wildman–Crippen LogP) is 2.76. The molecular formula is C10H8BrNO3. The third-order valence-electron chi connectivity index (χ3n) is 1.63. The Balaban J connectivity index is 2.82. The van der Waals surface area contributed by atoms with Crippen molar-refractivity contribution in [3.05, 3.63) is 32.8 Å². The molecule has 0 unspecified atom stereocenters. The fraction of sp³-hybridized carbons (Fsp3) is 0.200. The van der Waals surface area contributed by atoms with Crippen LogP contribution in [0.5, 0.6) is 5.75 Å². The van der Waals surface area contributed by atoms with E-state index >= 15 is 0 Å². The highest BCUT2D eigenvalue weighted by Crippen LogP contribution is 2.29. The van der Waals surface area contributed by atoms with Gasteiger partial charge in [0, 0.05) is 12.5 Å². The van der Waals surface area contributed by atoms with Crippen LogP contribution in [-0.4, -0.2) is 11.5 Å². The molecule has 0 bridgehead atoms. The van der Waals surface area contributed by atoms with Crippen molar-refractivity contribution in [1.29, 1.82) is 0 Å². The second kappa shape index (κ2) is 5.37. The zero-order valence-electron chi connectivity index (χ0n) is 7.77. The Morgan fingerprint density at radius 2 is 2.33 bits per heavy atom. The molecule has 0 spiro atoms. The third-order valence-corrected chi connectivity index (χ3v) is 2.28. The fourth-order valence-corrected chi connectivity index (χ4v) is 1.30. The molecule has 15 heavy (non-hydrogen) atoms. The molecule has 4 nitrogen and oxygen atoms in total. The van der Waals surface area contributed by atoms with E-state index in [-0.39, 0.29) is 5.69 Å². The van der Waals surface area contributed by atoms with E-state index in [1.807, 2.05) is 0 Å². The molecule has 5 heteroatoms.